The van der Waals surface area contributed by atoms with Crippen molar-refractivity contribution >= 4 is 23.4 Å². The molecule has 0 bridgehead atoms. The normalized spacial score (nSPS) is 13.4. The summed E-state index contributed by atoms with van der Waals surface area (Å²) < 4.78 is 5.38. The van der Waals surface area contributed by atoms with Crippen LogP contribution in [0.5, 0.6) is 0 Å². The molecular formula is C21H17N2O4S-. The molecule has 0 radical (unpaired) electrons. The Morgan fingerprint density at radius 2 is 1.75 bits per heavy atom. The number of hydrogen-bond acceptors (Lipinski definition) is 6. The number of nitrogens with zero attached hydrogens (tertiary/aromatic N) is 1. The smallest absolute Gasteiger partial charge is 0.407 e. The minimum absolute atomic E-state index is 0.0516. The van der Waals surface area contributed by atoms with Crippen LogP contribution in [0.3, 0.4) is 0 Å². The van der Waals surface area contributed by atoms with Crippen LogP contribution in [0.1, 0.15) is 22.7 Å². The first-order valence-electron chi connectivity index (χ1n) is 8.83. The summed E-state index contributed by atoms with van der Waals surface area (Å²) in [4.78, 5) is 27.6. The van der Waals surface area contributed by atoms with Crippen LogP contribution in [0, 0.1) is 0 Å². The van der Waals surface area contributed by atoms with E-state index in [1.807, 2.05) is 48.5 Å². The van der Waals surface area contributed by atoms with Gasteiger partial charge in [0.2, 0.25) is 0 Å². The van der Waals surface area contributed by atoms with Gasteiger partial charge in [-0.1, -0.05) is 48.5 Å². The summed E-state index contributed by atoms with van der Waals surface area (Å²) in [5, 5.41) is 15.4. The van der Waals surface area contributed by atoms with E-state index in [1.54, 1.807) is 10.9 Å². The van der Waals surface area contributed by atoms with E-state index in [9.17, 15) is 14.7 Å². The second kappa shape index (κ2) is 7.82. The predicted octanol–water partition coefficient (Wildman–Crippen LogP) is 2.34. The number of rotatable bonds is 6. The number of carbonyl (C=O) groups is 2. The molecule has 1 heterocycles. The highest BCUT2D eigenvalue weighted by atomic mass is 32.1. The lowest BCUT2D eigenvalue weighted by molar-refractivity contribution is -0.308. The van der Waals surface area contributed by atoms with Crippen LogP contribution in [-0.4, -0.2) is 29.7 Å². The second-order valence-corrected chi connectivity index (χ2v) is 7.24. The first-order valence-corrected chi connectivity index (χ1v) is 9.77. The molecule has 0 unspecified atom stereocenters. The van der Waals surface area contributed by atoms with Crippen molar-refractivity contribution in [2.75, 3.05) is 6.61 Å². The van der Waals surface area contributed by atoms with Crippen LogP contribution < -0.4 is 10.4 Å². The van der Waals surface area contributed by atoms with E-state index in [0.29, 0.717) is 5.69 Å². The number of nitrogens with one attached hydrogen (secondary N) is 1. The van der Waals surface area contributed by atoms with E-state index in [0.717, 1.165) is 22.3 Å². The fraction of sp³-hybridized carbons (Fsp3) is 0.190. The third-order valence-corrected chi connectivity index (χ3v) is 5.45. The van der Waals surface area contributed by atoms with Crippen molar-refractivity contribution in [3.8, 4) is 11.1 Å². The number of alkyl carbamates (subject to hydrolysis) is 1. The lowest BCUT2D eigenvalue weighted by atomic mass is 9.98. The van der Waals surface area contributed by atoms with Gasteiger partial charge in [-0.3, -0.25) is 0 Å². The monoisotopic (exact) mass is 393 g/mol. The zero-order valence-electron chi connectivity index (χ0n) is 14.8. The number of aromatic nitrogens is 1. The minimum atomic E-state index is -1.37. The summed E-state index contributed by atoms with van der Waals surface area (Å²) in [7, 11) is 0. The number of fused-ring (bicyclic) bond motifs is 3. The average Bonchev–Trinajstić information content (AvgIpc) is 3.32. The van der Waals surface area contributed by atoms with Crippen molar-refractivity contribution in [2.24, 2.45) is 0 Å². The van der Waals surface area contributed by atoms with Gasteiger partial charge in [0.1, 0.15) is 6.61 Å². The first-order chi connectivity index (χ1) is 13.6. The number of ether oxygens (including phenoxy) is 1. The molecule has 28 heavy (non-hydrogen) atoms. The topological polar surface area (TPSA) is 91.4 Å². The van der Waals surface area contributed by atoms with Gasteiger partial charge in [-0.25, -0.2) is 9.78 Å². The molecule has 0 fully saturated rings. The molecule has 142 valence electrons. The Morgan fingerprint density at radius 1 is 1.11 bits per heavy atom. The molecule has 6 nitrogen and oxygen atoms in total. The zero-order valence-corrected chi connectivity index (χ0v) is 15.6. The summed E-state index contributed by atoms with van der Waals surface area (Å²) in [5.41, 5.74) is 6.63. The predicted molar refractivity (Wildman–Crippen MR) is 103 cm³/mol. The van der Waals surface area contributed by atoms with E-state index < -0.39 is 18.1 Å². The van der Waals surface area contributed by atoms with Crippen LogP contribution in [0.25, 0.3) is 11.1 Å². The summed E-state index contributed by atoms with van der Waals surface area (Å²) in [5.74, 6) is -1.46. The van der Waals surface area contributed by atoms with Gasteiger partial charge >= 0.3 is 6.09 Å². The third kappa shape index (κ3) is 3.61. The van der Waals surface area contributed by atoms with Gasteiger partial charge in [0.05, 0.1) is 23.2 Å². The largest absolute Gasteiger partial charge is 0.548 e. The number of amides is 1. The number of hydrogen-bond donors (Lipinski definition) is 1. The standard InChI is InChI=1S/C21H18N2O4S/c24-20(25)19(9-13-11-28-12-22-13)23-21(26)27-10-18-16-7-3-1-5-14(16)15-6-2-4-8-17(15)18/h1-8,11-12,18-19H,9-10H2,(H,23,26)(H,24,25)/p-1/t19-/m1/s1. The van der Waals surface area contributed by atoms with Crippen LogP contribution in [-0.2, 0) is 16.0 Å². The molecule has 1 amide bonds. The third-order valence-electron chi connectivity index (χ3n) is 4.82. The van der Waals surface area contributed by atoms with Gasteiger partial charge in [-0.2, -0.15) is 0 Å². The summed E-state index contributed by atoms with van der Waals surface area (Å²) in [6.45, 7) is 0.121. The van der Waals surface area contributed by atoms with Crippen LogP contribution in [0.2, 0.25) is 0 Å². The van der Waals surface area contributed by atoms with E-state index in [4.69, 9.17) is 4.74 Å². The maximum absolute atomic E-state index is 12.2. The quantitative estimate of drug-likeness (QED) is 0.694. The Hall–Kier alpha value is -3.19. The van der Waals surface area contributed by atoms with Gasteiger partial charge in [0.25, 0.3) is 0 Å². The summed E-state index contributed by atoms with van der Waals surface area (Å²) >= 11 is 1.36. The van der Waals surface area contributed by atoms with E-state index in [2.05, 4.69) is 10.3 Å². The van der Waals surface area contributed by atoms with E-state index in [1.165, 1.54) is 11.3 Å². The van der Waals surface area contributed by atoms with Crippen LogP contribution in [0.4, 0.5) is 4.79 Å². The molecular weight excluding hydrogens is 376 g/mol. The van der Waals surface area contributed by atoms with Gasteiger partial charge in [0.15, 0.2) is 0 Å². The number of aliphatic carboxylic acids is 1. The lowest BCUT2D eigenvalue weighted by Crippen LogP contribution is -2.49. The molecule has 4 rings (SSSR count). The Balaban J connectivity index is 1.44. The molecule has 1 aliphatic rings. The maximum Gasteiger partial charge on any atom is 0.407 e. The zero-order chi connectivity index (χ0) is 19.5. The molecule has 7 heteroatoms. The van der Waals surface area contributed by atoms with Crippen molar-refractivity contribution in [3.05, 3.63) is 76.2 Å². The van der Waals surface area contributed by atoms with Gasteiger partial charge in [-0.05, 0) is 22.3 Å². The first kappa shape index (κ1) is 18.2. The second-order valence-electron chi connectivity index (χ2n) is 6.53. The molecule has 1 aromatic heterocycles. The fourth-order valence-corrected chi connectivity index (χ4v) is 4.09. The van der Waals surface area contributed by atoms with Crippen molar-refractivity contribution in [2.45, 2.75) is 18.4 Å². The van der Waals surface area contributed by atoms with Gasteiger partial charge in [-0.15, -0.1) is 11.3 Å². The summed E-state index contributed by atoms with van der Waals surface area (Å²) in [6, 6.07) is 14.8. The highest BCUT2D eigenvalue weighted by Crippen LogP contribution is 2.44. The van der Waals surface area contributed by atoms with E-state index >= 15 is 0 Å². The van der Waals surface area contributed by atoms with Gasteiger partial charge in [0, 0.05) is 17.7 Å². The molecule has 0 spiro atoms. The molecule has 2 aromatic carbocycles. The number of thiazole rings is 1. The molecule has 1 aliphatic carbocycles. The molecule has 1 atom stereocenters. The Labute approximate surface area is 165 Å². The molecule has 1 N–H and O–H groups in total. The maximum atomic E-state index is 12.2. The molecule has 3 aromatic rings. The highest BCUT2D eigenvalue weighted by Gasteiger charge is 2.29. The van der Waals surface area contributed by atoms with Crippen LogP contribution >= 0.6 is 11.3 Å². The summed E-state index contributed by atoms with van der Waals surface area (Å²) in [6.07, 6.45) is -0.734. The SMILES string of the molecule is O=C(N[C@H](Cc1cscn1)C(=O)[O-])OCC1c2ccccc2-c2ccccc21. The van der Waals surface area contributed by atoms with Crippen molar-refractivity contribution < 1.29 is 19.4 Å². The average molecular weight is 393 g/mol. The van der Waals surface area contributed by atoms with E-state index in [-0.39, 0.29) is 18.9 Å². The number of benzene rings is 2. The molecule has 0 aliphatic heterocycles. The Bertz CT molecular complexity index is 958. The van der Waals surface area contributed by atoms with Crippen molar-refractivity contribution in [1.29, 1.82) is 0 Å². The molecule has 0 saturated carbocycles. The fourth-order valence-electron chi connectivity index (χ4n) is 3.52. The minimum Gasteiger partial charge on any atom is -0.548 e. The van der Waals surface area contributed by atoms with Gasteiger partial charge < -0.3 is 20.0 Å². The highest BCUT2D eigenvalue weighted by molar-refractivity contribution is 7.07. The molecule has 0 saturated heterocycles. The Morgan fingerprint density at radius 3 is 2.32 bits per heavy atom. The van der Waals surface area contributed by atoms with Crippen molar-refractivity contribution in [1.82, 2.24) is 10.3 Å². The number of carboxylic acid groups (broad SMARTS) is 1. The Kier molecular flexibility index (Phi) is 5.08. The van der Waals surface area contributed by atoms with Crippen LogP contribution in [0.15, 0.2) is 59.4 Å². The number of carbonyl (C=O) groups excluding carboxylic acids is 2. The van der Waals surface area contributed by atoms with Crippen molar-refractivity contribution in [3.63, 3.8) is 0 Å². The number of carboxylic acids is 1. The lowest BCUT2D eigenvalue weighted by Gasteiger charge is -2.20.